The van der Waals surface area contributed by atoms with E-state index in [1.807, 2.05) is 79.7 Å². The van der Waals surface area contributed by atoms with E-state index in [1.54, 1.807) is 18.7 Å². The van der Waals surface area contributed by atoms with E-state index >= 15 is 0 Å². The minimum Gasteiger partial charge on any atom is -0.497 e. The van der Waals surface area contributed by atoms with Gasteiger partial charge in [-0.2, -0.15) is 0 Å². The fourth-order valence-corrected chi connectivity index (χ4v) is 5.10. The van der Waals surface area contributed by atoms with Crippen molar-refractivity contribution in [3.8, 4) is 28.4 Å². The number of hydrogen-bond acceptors (Lipinski definition) is 4. The van der Waals surface area contributed by atoms with Crippen molar-refractivity contribution >= 4 is 10.9 Å². The number of benzene rings is 3. The Hall–Kier alpha value is -4.52. The Kier molecular flexibility index (Phi) is 4.89. The van der Waals surface area contributed by atoms with Crippen molar-refractivity contribution < 1.29 is 9.47 Å². The predicted octanol–water partition coefficient (Wildman–Crippen LogP) is 4.49. The number of nitrogens with zero attached hydrogens (tertiary/aromatic N) is 3. The number of aryl methyl sites for hydroxylation is 2. The summed E-state index contributed by atoms with van der Waals surface area (Å²) >= 11 is 0. The number of aromatic nitrogens is 3. The summed E-state index contributed by atoms with van der Waals surface area (Å²) in [5.41, 5.74) is 5.03. The number of fused-ring (bicyclic) bond motifs is 5. The highest BCUT2D eigenvalue weighted by molar-refractivity contribution is 5.98. The average molecular weight is 480 g/mol. The van der Waals surface area contributed by atoms with Crippen LogP contribution in [0.2, 0.25) is 0 Å². The second-order valence-corrected chi connectivity index (χ2v) is 9.10. The van der Waals surface area contributed by atoms with Gasteiger partial charge >= 0.3 is 5.69 Å². The van der Waals surface area contributed by atoms with E-state index in [1.165, 1.54) is 11.6 Å². The fourth-order valence-electron chi connectivity index (χ4n) is 5.10. The molecule has 0 saturated heterocycles. The Balaban J connectivity index is 1.82. The zero-order valence-corrected chi connectivity index (χ0v) is 20.5. The van der Waals surface area contributed by atoms with E-state index in [4.69, 9.17) is 9.47 Å². The molecule has 180 valence electrons. The van der Waals surface area contributed by atoms with E-state index in [9.17, 15) is 9.59 Å². The van der Waals surface area contributed by atoms with Gasteiger partial charge in [-0.3, -0.25) is 13.9 Å². The molecule has 0 bridgehead atoms. The van der Waals surface area contributed by atoms with Crippen molar-refractivity contribution in [3.05, 3.63) is 110 Å². The molecule has 0 unspecified atom stereocenters. The van der Waals surface area contributed by atoms with Gasteiger partial charge in [0.1, 0.15) is 11.5 Å². The van der Waals surface area contributed by atoms with Crippen LogP contribution in [0.15, 0.2) is 82.4 Å². The van der Waals surface area contributed by atoms with Gasteiger partial charge in [0.15, 0.2) is 6.10 Å². The van der Waals surface area contributed by atoms with Crippen molar-refractivity contribution in [2.24, 2.45) is 14.1 Å². The van der Waals surface area contributed by atoms with Crippen LogP contribution in [0.25, 0.3) is 27.8 Å². The van der Waals surface area contributed by atoms with Crippen LogP contribution in [-0.2, 0) is 14.1 Å². The number of hydrogen-bond donors (Lipinski definition) is 0. The molecule has 0 N–H and O–H groups in total. The van der Waals surface area contributed by atoms with Gasteiger partial charge in [-0.25, -0.2) is 4.79 Å². The largest absolute Gasteiger partial charge is 0.497 e. The fraction of sp³-hybridized carbons (Fsp3) is 0.172. The molecule has 0 radical (unpaired) electrons. The molecule has 5 aromatic rings. The summed E-state index contributed by atoms with van der Waals surface area (Å²) in [6.45, 7) is 2.03. The third-order valence-electron chi connectivity index (χ3n) is 6.95. The van der Waals surface area contributed by atoms with Gasteiger partial charge in [-0.1, -0.05) is 54.1 Å². The number of methoxy groups -OCH3 is 1. The lowest BCUT2D eigenvalue weighted by molar-refractivity contribution is 0.229. The van der Waals surface area contributed by atoms with Crippen LogP contribution >= 0.6 is 0 Å². The molecule has 0 spiro atoms. The third-order valence-corrected chi connectivity index (χ3v) is 6.95. The van der Waals surface area contributed by atoms with Gasteiger partial charge < -0.3 is 14.0 Å². The van der Waals surface area contributed by atoms with Gasteiger partial charge in [0, 0.05) is 14.1 Å². The van der Waals surface area contributed by atoms with Crippen molar-refractivity contribution in [3.63, 3.8) is 0 Å². The van der Waals surface area contributed by atoms with E-state index < -0.39 is 6.10 Å². The number of ether oxygens (including phenoxy) is 2. The molecule has 1 aliphatic heterocycles. The summed E-state index contributed by atoms with van der Waals surface area (Å²) in [6, 6.07) is 23.5. The molecule has 2 aromatic heterocycles. The maximum Gasteiger partial charge on any atom is 0.331 e. The second-order valence-electron chi connectivity index (χ2n) is 9.10. The van der Waals surface area contributed by atoms with Crippen molar-refractivity contribution in [1.82, 2.24) is 13.7 Å². The monoisotopic (exact) mass is 479 g/mol. The molecule has 36 heavy (non-hydrogen) atoms. The summed E-state index contributed by atoms with van der Waals surface area (Å²) in [4.78, 5) is 26.8. The van der Waals surface area contributed by atoms with E-state index in [0.29, 0.717) is 16.7 Å². The van der Waals surface area contributed by atoms with Gasteiger partial charge in [-0.15, -0.1) is 0 Å². The molecule has 0 saturated carbocycles. The van der Waals surface area contributed by atoms with Gasteiger partial charge in [-0.05, 0) is 42.3 Å². The minimum absolute atomic E-state index is 0.337. The summed E-state index contributed by atoms with van der Waals surface area (Å²) in [6.07, 6.45) is -0.551. The van der Waals surface area contributed by atoms with Gasteiger partial charge in [0.2, 0.25) is 0 Å². The normalized spacial score (nSPS) is 14.3. The van der Waals surface area contributed by atoms with Gasteiger partial charge in [0.25, 0.3) is 5.56 Å². The highest BCUT2D eigenvalue weighted by Gasteiger charge is 2.36. The Labute approximate surface area is 207 Å². The van der Waals surface area contributed by atoms with Crippen LogP contribution in [0.4, 0.5) is 0 Å². The topological polar surface area (TPSA) is 67.4 Å². The smallest absolute Gasteiger partial charge is 0.331 e. The van der Waals surface area contributed by atoms with Crippen LogP contribution in [0, 0.1) is 6.92 Å². The maximum absolute atomic E-state index is 13.7. The lowest BCUT2D eigenvalue weighted by Crippen LogP contribution is -2.37. The highest BCUT2D eigenvalue weighted by atomic mass is 16.5. The molecule has 0 amide bonds. The quantitative estimate of drug-likeness (QED) is 0.382. The van der Waals surface area contributed by atoms with E-state index in [0.717, 1.165) is 39.5 Å². The number of rotatable bonds is 3. The maximum atomic E-state index is 13.7. The standard InChI is InChI=1S/C29H25N3O4/c1-17-9-11-18(12-10-17)24-23-25(30(2)29(34)31(3)28(23)33)26-27(19-13-15-20(35-4)16-14-19)36-22-8-6-5-7-21(22)32(24)26/h5-16,27H,1-4H3/t27-/m1/s1. The zero-order valence-electron chi connectivity index (χ0n) is 20.5. The molecule has 3 aromatic carbocycles. The summed E-state index contributed by atoms with van der Waals surface area (Å²) in [7, 11) is 4.85. The van der Waals surface area contributed by atoms with Crippen LogP contribution in [-0.4, -0.2) is 20.8 Å². The highest BCUT2D eigenvalue weighted by Crippen LogP contribution is 2.46. The van der Waals surface area contributed by atoms with Gasteiger partial charge in [0.05, 0.1) is 35.1 Å². The van der Waals surface area contributed by atoms with Crippen molar-refractivity contribution in [1.29, 1.82) is 0 Å². The summed E-state index contributed by atoms with van der Waals surface area (Å²) in [5, 5.41) is 0.484. The second kappa shape index (κ2) is 8.02. The first-order chi connectivity index (χ1) is 17.4. The van der Waals surface area contributed by atoms with Crippen molar-refractivity contribution in [2.75, 3.05) is 7.11 Å². The van der Waals surface area contributed by atoms with Crippen LogP contribution in [0.1, 0.15) is 22.9 Å². The molecule has 0 fully saturated rings. The molecule has 6 rings (SSSR count). The summed E-state index contributed by atoms with van der Waals surface area (Å²) < 4.78 is 16.7. The molecule has 0 aliphatic carbocycles. The Morgan fingerprint density at radius 1 is 0.861 bits per heavy atom. The molecule has 3 heterocycles. The molecular formula is C29H25N3O4. The first-order valence-corrected chi connectivity index (χ1v) is 11.7. The van der Waals surface area contributed by atoms with Crippen LogP contribution in [0.5, 0.6) is 11.5 Å². The zero-order chi connectivity index (χ0) is 25.1. The molecule has 7 nitrogen and oxygen atoms in total. The molecule has 7 heteroatoms. The Bertz CT molecular complexity index is 1760. The van der Waals surface area contributed by atoms with E-state index in [-0.39, 0.29) is 11.2 Å². The predicted molar refractivity (Wildman–Crippen MR) is 139 cm³/mol. The Morgan fingerprint density at radius 3 is 2.25 bits per heavy atom. The van der Waals surface area contributed by atoms with Crippen LogP contribution in [0.3, 0.4) is 0 Å². The van der Waals surface area contributed by atoms with E-state index in [2.05, 4.69) is 4.57 Å². The lowest BCUT2D eigenvalue weighted by Gasteiger charge is -2.30. The molecular weight excluding hydrogens is 454 g/mol. The average Bonchev–Trinajstić information content (AvgIpc) is 3.27. The molecule has 1 atom stereocenters. The first kappa shape index (κ1) is 22.0. The third kappa shape index (κ3) is 3.05. The lowest BCUT2D eigenvalue weighted by atomic mass is 10.0. The summed E-state index contributed by atoms with van der Waals surface area (Å²) in [5.74, 6) is 1.43. The SMILES string of the molecule is COc1ccc([C@H]2Oc3ccccc3-n3c(-c4ccc(C)cc4)c4c(=O)n(C)c(=O)n(C)c4c32)cc1. The first-order valence-electron chi connectivity index (χ1n) is 11.7. The number of para-hydroxylation sites is 2. The van der Waals surface area contributed by atoms with Crippen LogP contribution < -0.4 is 20.7 Å². The van der Waals surface area contributed by atoms with Crippen molar-refractivity contribution in [2.45, 2.75) is 13.0 Å². The Morgan fingerprint density at radius 2 is 1.56 bits per heavy atom. The molecule has 1 aliphatic rings. The minimum atomic E-state index is -0.551.